The molecule has 0 spiro atoms. The van der Waals surface area contributed by atoms with E-state index in [1.807, 2.05) is 52.0 Å². The average molecular weight is 701 g/mol. The second-order valence-corrected chi connectivity index (χ2v) is 13.3. The Hall–Kier alpha value is -4.58. The van der Waals surface area contributed by atoms with Crippen molar-refractivity contribution in [2.24, 2.45) is 0 Å². The van der Waals surface area contributed by atoms with Crippen LogP contribution in [-0.4, -0.2) is 71.6 Å². The van der Waals surface area contributed by atoms with Gasteiger partial charge >= 0.3 is 11.9 Å². The summed E-state index contributed by atoms with van der Waals surface area (Å²) in [6.07, 6.45) is 1.12. The highest BCUT2D eigenvalue weighted by atomic mass is 16.5. The molecule has 0 radical (unpaired) electrons. The molecule has 5 heterocycles. The number of carboxylic acids is 2. The molecule has 3 aromatic rings. The lowest BCUT2D eigenvalue weighted by atomic mass is 9.99. The smallest absolute Gasteiger partial charge is 0.303 e. The number of allylic oxidation sites excluding steroid dienone is 3. The van der Waals surface area contributed by atoms with E-state index < -0.39 is 24.1 Å². The lowest BCUT2D eigenvalue weighted by molar-refractivity contribution is -0.137. The average Bonchev–Trinajstić information content (AvgIpc) is 3.72. The van der Waals surface area contributed by atoms with E-state index in [0.717, 1.165) is 70.5 Å². The first-order valence-electron chi connectivity index (χ1n) is 17.7. The summed E-state index contributed by atoms with van der Waals surface area (Å²) in [6, 6.07) is 7.51. The molecule has 0 saturated heterocycles. The molecule has 0 fully saturated rings. The number of aliphatic carboxylic acids is 2. The maximum atomic E-state index is 11.6. The van der Waals surface area contributed by atoms with Crippen molar-refractivity contribution in [3.05, 3.63) is 69.3 Å². The molecule has 0 saturated carbocycles. The van der Waals surface area contributed by atoms with Gasteiger partial charge in [-0.3, -0.25) is 9.59 Å². The molecule has 0 aliphatic carbocycles. The van der Waals surface area contributed by atoms with Gasteiger partial charge in [-0.25, -0.2) is 9.97 Å². The van der Waals surface area contributed by atoms with Gasteiger partial charge in [0.2, 0.25) is 0 Å². The third-order valence-corrected chi connectivity index (χ3v) is 9.35. The highest BCUT2D eigenvalue weighted by Gasteiger charge is 2.23. The zero-order chi connectivity index (χ0) is 37.6. The van der Waals surface area contributed by atoms with Gasteiger partial charge in [0.25, 0.3) is 0 Å². The highest BCUT2D eigenvalue weighted by molar-refractivity contribution is 5.96. The van der Waals surface area contributed by atoms with Crippen LogP contribution in [0, 0.1) is 13.8 Å². The van der Waals surface area contributed by atoms with Crippen LogP contribution in [0.25, 0.3) is 44.4 Å². The monoisotopic (exact) mass is 700 g/mol. The van der Waals surface area contributed by atoms with E-state index in [1.54, 1.807) is 13.8 Å². The molecule has 2 atom stereocenters. The van der Waals surface area contributed by atoms with Crippen LogP contribution in [-0.2, 0) is 20.7 Å². The van der Waals surface area contributed by atoms with Crippen LogP contribution in [0.2, 0.25) is 0 Å². The third kappa shape index (κ3) is 9.02. The fourth-order valence-electron chi connectivity index (χ4n) is 6.70. The van der Waals surface area contributed by atoms with E-state index in [4.69, 9.17) is 14.7 Å². The standard InChI is InChI=1S/C34H38N4O6.C6H14O/c1-15-21(7-9-31(41)42)27-14-28-22(8-10-32(43)44)16(2)24(36-28)12-29-34(20(6)40)18(4)26(38-29)13-30-33(19(5)39)17(3)25(37-30)11-23(15)35-27;1-3-5-7-6-4-2/h11-14,19-20,35,38-40H,7-10H2,1-6H3,(H,41,42)(H,43,44);3-6H2,1-2H3. The number of carboxylic acid groups (broad SMARTS) is 2. The number of rotatable bonds is 12. The predicted molar refractivity (Wildman–Crippen MR) is 202 cm³/mol. The predicted octanol–water partition coefficient (Wildman–Crippen LogP) is 7.93. The normalized spacial score (nSPS) is 14.0. The minimum absolute atomic E-state index is 0.0628. The Morgan fingerprint density at radius 2 is 1.20 bits per heavy atom. The van der Waals surface area contributed by atoms with Crippen molar-refractivity contribution in [3.63, 3.8) is 0 Å². The van der Waals surface area contributed by atoms with E-state index in [0.29, 0.717) is 44.9 Å². The van der Waals surface area contributed by atoms with Gasteiger partial charge < -0.3 is 35.1 Å². The van der Waals surface area contributed by atoms with Gasteiger partial charge in [-0.05, 0) is 125 Å². The molecule has 2 aliphatic heterocycles. The maximum absolute atomic E-state index is 11.6. The van der Waals surface area contributed by atoms with Crippen LogP contribution in [0.1, 0.15) is 125 Å². The van der Waals surface area contributed by atoms with E-state index in [1.165, 1.54) is 0 Å². The summed E-state index contributed by atoms with van der Waals surface area (Å²) in [5.41, 5.74) is 11.7. The summed E-state index contributed by atoms with van der Waals surface area (Å²) < 4.78 is 5.13. The molecule has 5 rings (SSSR count). The van der Waals surface area contributed by atoms with Crippen molar-refractivity contribution in [2.45, 2.75) is 106 Å². The van der Waals surface area contributed by atoms with Crippen molar-refractivity contribution >= 4 is 56.3 Å². The Morgan fingerprint density at radius 3 is 1.78 bits per heavy atom. The van der Waals surface area contributed by atoms with E-state index in [-0.39, 0.29) is 25.7 Å². The fraction of sp³-hybridized carbons (Fsp3) is 0.450. The van der Waals surface area contributed by atoms with Gasteiger partial charge in [-0.15, -0.1) is 0 Å². The lowest BCUT2D eigenvalue weighted by Crippen LogP contribution is -2.02. The molecule has 0 amide bonds. The van der Waals surface area contributed by atoms with E-state index >= 15 is 0 Å². The van der Waals surface area contributed by atoms with Crippen LogP contribution >= 0.6 is 0 Å². The molecule has 11 heteroatoms. The van der Waals surface area contributed by atoms with Crippen molar-refractivity contribution in [3.8, 4) is 0 Å². The maximum Gasteiger partial charge on any atom is 0.303 e. The van der Waals surface area contributed by atoms with Crippen molar-refractivity contribution in [1.29, 1.82) is 0 Å². The van der Waals surface area contributed by atoms with E-state index in [9.17, 15) is 30.0 Å². The number of fused-ring (bicyclic) bond motifs is 8. The second kappa shape index (κ2) is 17.1. The van der Waals surface area contributed by atoms with Gasteiger partial charge in [-0.1, -0.05) is 13.8 Å². The summed E-state index contributed by atoms with van der Waals surface area (Å²) in [5, 5.41) is 40.5. The zero-order valence-electron chi connectivity index (χ0n) is 31.0. The van der Waals surface area contributed by atoms with Gasteiger partial charge in [0.1, 0.15) is 0 Å². The third-order valence-electron chi connectivity index (χ3n) is 9.35. The highest BCUT2D eigenvalue weighted by Crippen LogP contribution is 2.37. The summed E-state index contributed by atoms with van der Waals surface area (Å²) in [5.74, 6) is -1.83. The first-order valence-corrected chi connectivity index (χ1v) is 17.7. The number of nitrogens with zero attached hydrogens (tertiary/aromatic N) is 2. The topological polar surface area (TPSA) is 182 Å². The van der Waals surface area contributed by atoms with Crippen molar-refractivity contribution < 1.29 is 34.8 Å². The number of carbonyl (C=O) groups is 2. The minimum Gasteiger partial charge on any atom is -0.481 e. The fourth-order valence-corrected chi connectivity index (χ4v) is 6.70. The van der Waals surface area contributed by atoms with Crippen LogP contribution in [0.3, 0.4) is 0 Å². The van der Waals surface area contributed by atoms with Crippen LogP contribution in [0.4, 0.5) is 0 Å². The summed E-state index contributed by atoms with van der Waals surface area (Å²) in [4.78, 5) is 39.8. The quantitative estimate of drug-likeness (QED) is 0.102. The number of H-pyrrole nitrogens is 2. The zero-order valence-corrected chi connectivity index (χ0v) is 31.0. The number of hydrogen-bond acceptors (Lipinski definition) is 7. The van der Waals surface area contributed by atoms with Gasteiger partial charge in [0.05, 0.1) is 35.0 Å². The number of aliphatic hydroxyl groups is 2. The molecular weight excluding hydrogens is 648 g/mol. The Bertz CT molecular complexity index is 2010. The van der Waals surface area contributed by atoms with Crippen molar-refractivity contribution in [2.75, 3.05) is 13.2 Å². The molecule has 11 nitrogen and oxygen atoms in total. The summed E-state index contributed by atoms with van der Waals surface area (Å²) in [6.45, 7) is 17.2. The first kappa shape index (κ1) is 39.2. The molecule has 2 unspecified atom stereocenters. The van der Waals surface area contributed by atoms with Gasteiger partial charge in [-0.2, -0.15) is 0 Å². The van der Waals surface area contributed by atoms with E-state index in [2.05, 4.69) is 23.8 Å². The van der Waals surface area contributed by atoms with Gasteiger partial charge in [0, 0.05) is 59.3 Å². The molecule has 2 aliphatic rings. The van der Waals surface area contributed by atoms with Crippen molar-refractivity contribution in [1.82, 2.24) is 19.9 Å². The number of nitrogens with one attached hydrogen (secondary N) is 2. The molecule has 8 bridgehead atoms. The van der Waals surface area contributed by atoms with Crippen LogP contribution in [0.15, 0.2) is 24.3 Å². The Balaban J connectivity index is 0.000000755. The van der Waals surface area contributed by atoms with Gasteiger partial charge in [0.15, 0.2) is 0 Å². The van der Waals surface area contributed by atoms with Crippen LogP contribution in [0.5, 0.6) is 0 Å². The Labute approximate surface area is 299 Å². The minimum atomic E-state index is -0.917. The first-order chi connectivity index (χ1) is 24.2. The Kier molecular flexibility index (Phi) is 13.1. The lowest BCUT2D eigenvalue weighted by Gasteiger charge is -2.07. The van der Waals surface area contributed by atoms with Crippen LogP contribution < -0.4 is 0 Å². The molecule has 51 heavy (non-hydrogen) atoms. The second-order valence-electron chi connectivity index (χ2n) is 13.3. The molecule has 0 aromatic carbocycles. The summed E-state index contributed by atoms with van der Waals surface area (Å²) >= 11 is 0. The molecule has 6 N–H and O–H groups in total. The number of aromatic amines is 2. The molecular formula is C40H52N4O7. The molecule has 274 valence electrons. The Morgan fingerprint density at radius 1 is 0.686 bits per heavy atom. The molecule has 3 aromatic heterocycles. The number of aromatic nitrogens is 4. The largest absolute Gasteiger partial charge is 0.481 e. The summed E-state index contributed by atoms with van der Waals surface area (Å²) in [7, 11) is 0. The number of aryl methyl sites for hydroxylation is 3. The number of ether oxygens (including phenoxy) is 1. The SMILES string of the molecule is CC1=C(CCC(=O)O)c2cc3[nH]c(cc4nc(cc5[nH]c(cc1n2)c(C(C)O)c5C)C(C(C)O)=C4C)c(C)c3CCC(=O)O.CCCOCCC. The number of hydrogen-bond donors (Lipinski definition) is 6. The number of aliphatic hydroxyl groups excluding tert-OH is 2.